The predicted molar refractivity (Wildman–Crippen MR) is 96.9 cm³/mol. The molecule has 2 aromatic rings. The summed E-state index contributed by atoms with van der Waals surface area (Å²) >= 11 is 5.81. The van der Waals surface area contributed by atoms with Gasteiger partial charge in [0.25, 0.3) is 5.91 Å². The number of carbonyl (C=O) groups excluding carboxylic acids is 2. The number of esters is 1. The number of hydrogen-bond acceptors (Lipinski definition) is 4. The first-order valence-corrected chi connectivity index (χ1v) is 8.73. The number of amides is 1. The van der Waals surface area contributed by atoms with Gasteiger partial charge in [-0.1, -0.05) is 17.7 Å². The van der Waals surface area contributed by atoms with Gasteiger partial charge in [0.1, 0.15) is 17.2 Å². The summed E-state index contributed by atoms with van der Waals surface area (Å²) in [7, 11) is 0. The van der Waals surface area contributed by atoms with Crippen LogP contribution in [0.5, 0.6) is 0 Å². The fourth-order valence-corrected chi connectivity index (χ4v) is 3.09. The van der Waals surface area contributed by atoms with E-state index in [4.69, 9.17) is 16.3 Å². The van der Waals surface area contributed by atoms with Gasteiger partial charge >= 0.3 is 5.97 Å². The Morgan fingerprint density at radius 2 is 1.67 bits per heavy atom. The van der Waals surface area contributed by atoms with Crippen molar-refractivity contribution < 1.29 is 23.1 Å². The molecule has 1 saturated heterocycles. The number of piperazine rings is 1. The average molecular weight is 395 g/mol. The fraction of sp³-hybridized carbons (Fsp3) is 0.263. The molecule has 0 atom stereocenters. The number of rotatable bonds is 4. The molecule has 1 fully saturated rings. The molecule has 0 aliphatic carbocycles. The third kappa shape index (κ3) is 4.54. The Labute approximate surface area is 160 Å². The topological polar surface area (TPSA) is 49.9 Å². The van der Waals surface area contributed by atoms with Crippen molar-refractivity contribution in [3.05, 3.63) is 64.7 Å². The molecule has 1 aliphatic heterocycles. The lowest BCUT2D eigenvalue weighted by atomic mass is 10.2. The summed E-state index contributed by atoms with van der Waals surface area (Å²) in [6.45, 7) is 1.54. The number of halogens is 3. The minimum absolute atomic E-state index is 0.0691. The van der Waals surface area contributed by atoms with Crippen LogP contribution < -0.4 is 4.90 Å². The molecule has 0 N–H and O–H groups in total. The highest BCUT2D eigenvalue weighted by atomic mass is 35.5. The van der Waals surface area contributed by atoms with Crippen molar-refractivity contribution in [3.63, 3.8) is 0 Å². The van der Waals surface area contributed by atoms with Crippen LogP contribution in [0.1, 0.15) is 10.4 Å². The summed E-state index contributed by atoms with van der Waals surface area (Å²) in [5, 5.41) is -0.0691. The van der Waals surface area contributed by atoms with E-state index in [9.17, 15) is 18.4 Å². The van der Waals surface area contributed by atoms with Crippen molar-refractivity contribution in [3.8, 4) is 0 Å². The number of anilines is 1. The van der Waals surface area contributed by atoms with Gasteiger partial charge in [0.05, 0.1) is 5.02 Å². The Morgan fingerprint density at radius 1 is 1.00 bits per heavy atom. The zero-order valence-corrected chi connectivity index (χ0v) is 15.1. The lowest BCUT2D eigenvalue weighted by molar-refractivity contribution is -0.134. The summed E-state index contributed by atoms with van der Waals surface area (Å²) in [6, 6.07) is 10.00. The molecule has 0 saturated carbocycles. The van der Waals surface area contributed by atoms with Gasteiger partial charge in [-0.15, -0.1) is 0 Å². The average Bonchev–Trinajstić information content (AvgIpc) is 2.67. The van der Waals surface area contributed by atoms with Gasteiger partial charge in [0, 0.05) is 31.9 Å². The van der Waals surface area contributed by atoms with Crippen molar-refractivity contribution in [1.29, 1.82) is 0 Å². The Bertz CT molecular complexity index is 817. The molecule has 8 heteroatoms. The van der Waals surface area contributed by atoms with Crippen LogP contribution in [0.2, 0.25) is 5.02 Å². The van der Waals surface area contributed by atoms with E-state index in [0.29, 0.717) is 26.2 Å². The molecule has 27 heavy (non-hydrogen) atoms. The summed E-state index contributed by atoms with van der Waals surface area (Å²) in [6.07, 6.45) is 0. The van der Waals surface area contributed by atoms with Crippen molar-refractivity contribution in [1.82, 2.24) is 4.90 Å². The van der Waals surface area contributed by atoms with E-state index in [-0.39, 0.29) is 22.3 Å². The first kappa shape index (κ1) is 19.1. The van der Waals surface area contributed by atoms with Crippen molar-refractivity contribution in [2.45, 2.75) is 0 Å². The van der Waals surface area contributed by atoms with Gasteiger partial charge in [-0.2, -0.15) is 0 Å². The summed E-state index contributed by atoms with van der Waals surface area (Å²) in [5.74, 6) is -2.44. The molecule has 142 valence electrons. The maximum Gasteiger partial charge on any atom is 0.343 e. The largest absolute Gasteiger partial charge is 0.452 e. The molecular formula is C19H17ClF2N2O3. The van der Waals surface area contributed by atoms with Crippen LogP contribution in [0.15, 0.2) is 42.5 Å². The third-order valence-corrected chi connectivity index (χ3v) is 4.63. The third-order valence-electron chi connectivity index (χ3n) is 4.32. The van der Waals surface area contributed by atoms with Crippen LogP contribution in [0.4, 0.5) is 14.5 Å². The molecule has 0 bridgehead atoms. The van der Waals surface area contributed by atoms with E-state index < -0.39 is 18.4 Å². The minimum atomic E-state index is -0.976. The standard InChI is InChI=1S/C19H17ClF2N2O3/c20-15-2-1-3-16(22)18(15)19(26)27-12-17(25)24-10-8-23(9-11-24)14-6-4-13(21)5-7-14/h1-7H,8-12H2. The number of hydrogen-bond donors (Lipinski definition) is 0. The lowest BCUT2D eigenvalue weighted by Gasteiger charge is -2.36. The Morgan fingerprint density at radius 3 is 2.30 bits per heavy atom. The van der Waals surface area contributed by atoms with E-state index in [1.165, 1.54) is 24.3 Å². The zero-order valence-electron chi connectivity index (χ0n) is 14.3. The number of carbonyl (C=O) groups is 2. The summed E-state index contributed by atoms with van der Waals surface area (Å²) < 4.78 is 31.6. The molecule has 0 aromatic heterocycles. The van der Waals surface area contributed by atoms with Gasteiger partial charge in [0.15, 0.2) is 6.61 Å². The molecule has 1 aliphatic rings. The fourth-order valence-electron chi connectivity index (χ4n) is 2.85. The van der Waals surface area contributed by atoms with E-state index in [0.717, 1.165) is 11.8 Å². The molecule has 1 heterocycles. The molecule has 0 radical (unpaired) electrons. The smallest absolute Gasteiger partial charge is 0.343 e. The molecular weight excluding hydrogens is 378 g/mol. The zero-order chi connectivity index (χ0) is 19.4. The first-order chi connectivity index (χ1) is 13.0. The van der Waals surface area contributed by atoms with E-state index in [1.807, 2.05) is 4.90 Å². The maximum absolute atomic E-state index is 13.7. The monoisotopic (exact) mass is 394 g/mol. The predicted octanol–water partition coefficient (Wildman–Crippen LogP) is 3.12. The number of ether oxygens (including phenoxy) is 1. The minimum Gasteiger partial charge on any atom is -0.452 e. The normalized spacial score (nSPS) is 14.2. The van der Waals surface area contributed by atoms with Crippen LogP contribution in [-0.2, 0) is 9.53 Å². The Hall–Kier alpha value is -2.67. The molecule has 0 spiro atoms. The second-order valence-corrected chi connectivity index (χ2v) is 6.42. The summed E-state index contributed by atoms with van der Waals surface area (Å²) in [4.78, 5) is 27.8. The number of nitrogens with zero attached hydrogens (tertiary/aromatic N) is 2. The van der Waals surface area contributed by atoms with Gasteiger partial charge in [-0.05, 0) is 36.4 Å². The van der Waals surface area contributed by atoms with Crippen LogP contribution in [0, 0.1) is 11.6 Å². The second-order valence-electron chi connectivity index (χ2n) is 6.02. The van der Waals surface area contributed by atoms with Crippen LogP contribution in [0.25, 0.3) is 0 Å². The van der Waals surface area contributed by atoms with Crippen LogP contribution in [0.3, 0.4) is 0 Å². The molecule has 2 aromatic carbocycles. The SMILES string of the molecule is O=C(OCC(=O)N1CCN(c2ccc(F)cc2)CC1)c1c(F)cccc1Cl. The maximum atomic E-state index is 13.7. The second kappa shape index (κ2) is 8.35. The Balaban J connectivity index is 1.51. The van der Waals surface area contributed by atoms with E-state index >= 15 is 0 Å². The highest BCUT2D eigenvalue weighted by Crippen LogP contribution is 2.20. The quantitative estimate of drug-likeness (QED) is 0.748. The van der Waals surface area contributed by atoms with Gasteiger partial charge in [-0.3, -0.25) is 4.79 Å². The number of benzene rings is 2. The van der Waals surface area contributed by atoms with E-state index in [2.05, 4.69) is 0 Å². The molecule has 1 amide bonds. The van der Waals surface area contributed by atoms with Gasteiger partial charge < -0.3 is 14.5 Å². The van der Waals surface area contributed by atoms with Crippen LogP contribution >= 0.6 is 11.6 Å². The van der Waals surface area contributed by atoms with Crippen molar-refractivity contribution >= 4 is 29.2 Å². The Kier molecular flexibility index (Phi) is 5.91. The molecule has 5 nitrogen and oxygen atoms in total. The lowest BCUT2D eigenvalue weighted by Crippen LogP contribution is -2.49. The van der Waals surface area contributed by atoms with Crippen molar-refractivity contribution in [2.75, 3.05) is 37.7 Å². The van der Waals surface area contributed by atoms with E-state index in [1.54, 1.807) is 17.0 Å². The van der Waals surface area contributed by atoms with Crippen LogP contribution in [-0.4, -0.2) is 49.6 Å². The highest BCUT2D eigenvalue weighted by Gasteiger charge is 2.24. The summed E-state index contributed by atoms with van der Waals surface area (Å²) in [5.41, 5.74) is 0.497. The first-order valence-electron chi connectivity index (χ1n) is 8.35. The van der Waals surface area contributed by atoms with Crippen molar-refractivity contribution in [2.24, 2.45) is 0 Å². The molecule has 3 rings (SSSR count). The highest BCUT2D eigenvalue weighted by molar-refractivity contribution is 6.33. The molecule has 0 unspecified atom stereocenters. The van der Waals surface area contributed by atoms with Gasteiger partial charge in [0.2, 0.25) is 0 Å². The van der Waals surface area contributed by atoms with Gasteiger partial charge in [-0.25, -0.2) is 13.6 Å².